The molecule has 5 nitrogen and oxygen atoms in total. The van der Waals surface area contributed by atoms with Crippen molar-refractivity contribution in [3.8, 4) is 17.6 Å². The second-order valence-corrected chi connectivity index (χ2v) is 8.08. The topological polar surface area (TPSA) is 71.3 Å². The van der Waals surface area contributed by atoms with Gasteiger partial charge in [-0.2, -0.15) is 5.26 Å². The number of hydrogen-bond acceptors (Lipinski definition) is 4. The van der Waals surface area contributed by atoms with Crippen LogP contribution in [0.2, 0.25) is 0 Å². The summed E-state index contributed by atoms with van der Waals surface area (Å²) in [4.78, 5) is 12.5. The predicted molar refractivity (Wildman–Crippen MR) is 130 cm³/mol. The van der Waals surface area contributed by atoms with Gasteiger partial charge in [-0.25, -0.2) is 4.39 Å². The summed E-state index contributed by atoms with van der Waals surface area (Å²) >= 11 is 2.12. The number of nitrogens with one attached hydrogen (secondary N) is 1. The Kier molecular flexibility index (Phi) is 7.84. The molecule has 0 aliphatic heterocycles. The number of rotatable bonds is 7. The first-order valence-corrected chi connectivity index (χ1v) is 10.7. The monoisotopic (exact) mass is 542 g/mol. The van der Waals surface area contributed by atoms with Crippen molar-refractivity contribution in [2.45, 2.75) is 13.5 Å². The minimum atomic E-state index is -0.702. The van der Waals surface area contributed by atoms with Crippen LogP contribution in [0.25, 0.3) is 6.08 Å². The molecule has 3 aromatic rings. The van der Waals surface area contributed by atoms with E-state index in [1.54, 1.807) is 18.2 Å². The number of benzene rings is 3. The highest BCUT2D eigenvalue weighted by atomic mass is 127. The SMILES string of the molecule is COc1cc(/C=C(/C#N)C(=O)Nc2ccccc2F)cc(I)c1OCc1cccc(C)c1. The van der Waals surface area contributed by atoms with Gasteiger partial charge in [0.1, 0.15) is 24.1 Å². The molecular weight excluding hydrogens is 522 g/mol. The fourth-order valence-corrected chi connectivity index (χ4v) is 3.77. The van der Waals surface area contributed by atoms with E-state index in [9.17, 15) is 14.4 Å². The van der Waals surface area contributed by atoms with Gasteiger partial charge < -0.3 is 14.8 Å². The summed E-state index contributed by atoms with van der Waals surface area (Å²) in [5, 5.41) is 11.9. The lowest BCUT2D eigenvalue weighted by Crippen LogP contribution is -2.14. The van der Waals surface area contributed by atoms with Gasteiger partial charge in [-0.3, -0.25) is 4.79 Å². The maximum atomic E-state index is 13.8. The summed E-state index contributed by atoms with van der Waals surface area (Å²) in [6.45, 7) is 2.39. The quantitative estimate of drug-likeness (QED) is 0.230. The molecule has 32 heavy (non-hydrogen) atoms. The zero-order chi connectivity index (χ0) is 23.1. The van der Waals surface area contributed by atoms with Gasteiger partial charge in [0.2, 0.25) is 0 Å². The highest BCUT2D eigenvalue weighted by Gasteiger charge is 2.15. The average Bonchev–Trinajstić information content (AvgIpc) is 2.77. The van der Waals surface area contributed by atoms with Crippen LogP contribution in [0.1, 0.15) is 16.7 Å². The molecule has 0 radical (unpaired) electrons. The van der Waals surface area contributed by atoms with E-state index >= 15 is 0 Å². The molecule has 0 unspecified atom stereocenters. The Morgan fingerprint density at radius 3 is 2.66 bits per heavy atom. The fourth-order valence-electron chi connectivity index (χ4n) is 2.99. The van der Waals surface area contributed by atoms with Crippen LogP contribution in [0, 0.1) is 27.6 Å². The molecule has 7 heteroatoms. The fraction of sp³-hybridized carbons (Fsp3) is 0.120. The highest BCUT2D eigenvalue weighted by Crippen LogP contribution is 2.35. The molecule has 1 N–H and O–H groups in total. The molecule has 0 saturated carbocycles. The van der Waals surface area contributed by atoms with Crippen LogP contribution < -0.4 is 14.8 Å². The van der Waals surface area contributed by atoms with E-state index < -0.39 is 11.7 Å². The molecule has 162 valence electrons. The van der Waals surface area contributed by atoms with E-state index in [2.05, 4.69) is 27.9 Å². The number of halogens is 2. The van der Waals surface area contributed by atoms with Crippen LogP contribution >= 0.6 is 22.6 Å². The largest absolute Gasteiger partial charge is 0.493 e. The standard InChI is InChI=1S/C25H20FIN2O3/c1-16-6-5-7-17(10-16)15-32-24-21(27)12-18(13-23(24)31-2)11-19(14-28)25(30)29-22-9-4-3-8-20(22)26/h3-13H,15H2,1-2H3,(H,29,30)/b19-11-. The zero-order valence-electron chi connectivity index (χ0n) is 17.5. The van der Waals surface area contributed by atoms with Crippen molar-refractivity contribution in [1.29, 1.82) is 5.26 Å². The molecule has 0 atom stereocenters. The van der Waals surface area contributed by atoms with E-state index in [0.717, 1.165) is 14.7 Å². The number of amides is 1. The second-order valence-electron chi connectivity index (χ2n) is 6.92. The lowest BCUT2D eigenvalue weighted by molar-refractivity contribution is -0.112. The number of nitriles is 1. The van der Waals surface area contributed by atoms with Crippen LogP contribution in [0.15, 0.2) is 66.2 Å². The predicted octanol–water partition coefficient (Wildman–Crippen LogP) is 5.87. The minimum absolute atomic E-state index is 0.00528. The molecule has 3 aromatic carbocycles. The molecule has 0 aromatic heterocycles. The molecule has 0 saturated heterocycles. The third-order valence-corrected chi connectivity index (χ3v) is 5.32. The first kappa shape index (κ1) is 23.3. The lowest BCUT2D eigenvalue weighted by Gasteiger charge is -2.14. The van der Waals surface area contributed by atoms with Crippen LogP contribution in [-0.4, -0.2) is 13.0 Å². The van der Waals surface area contributed by atoms with Gasteiger partial charge in [0.15, 0.2) is 11.5 Å². The number of methoxy groups -OCH3 is 1. The number of carbonyl (C=O) groups excluding carboxylic acids is 1. The third-order valence-electron chi connectivity index (χ3n) is 4.52. The van der Waals surface area contributed by atoms with E-state index in [4.69, 9.17) is 9.47 Å². The maximum Gasteiger partial charge on any atom is 0.266 e. The van der Waals surface area contributed by atoms with E-state index in [1.165, 1.54) is 31.4 Å². The first-order valence-electron chi connectivity index (χ1n) is 9.65. The molecule has 1 amide bonds. The van der Waals surface area contributed by atoms with Gasteiger partial charge in [0.25, 0.3) is 5.91 Å². The average molecular weight is 542 g/mol. The summed E-state index contributed by atoms with van der Waals surface area (Å²) in [5.41, 5.74) is 2.59. The second kappa shape index (κ2) is 10.8. The molecule has 0 heterocycles. The van der Waals surface area contributed by atoms with Crippen molar-refractivity contribution in [1.82, 2.24) is 0 Å². The molecule has 0 fully saturated rings. The van der Waals surface area contributed by atoms with E-state index in [1.807, 2.05) is 37.3 Å². The summed E-state index contributed by atoms with van der Waals surface area (Å²) in [7, 11) is 1.52. The molecule has 0 aliphatic rings. The summed E-state index contributed by atoms with van der Waals surface area (Å²) in [6, 6.07) is 19.1. The van der Waals surface area contributed by atoms with Crippen molar-refractivity contribution in [2.24, 2.45) is 0 Å². The van der Waals surface area contributed by atoms with Crippen LogP contribution in [0.4, 0.5) is 10.1 Å². The number of hydrogen-bond donors (Lipinski definition) is 1. The maximum absolute atomic E-state index is 13.8. The van der Waals surface area contributed by atoms with Crippen molar-refractivity contribution in [2.75, 3.05) is 12.4 Å². The Morgan fingerprint density at radius 1 is 1.19 bits per heavy atom. The normalized spacial score (nSPS) is 10.9. The Bertz CT molecular complexity index is 1220. The Labute approximate surface area is 199 Å². The summed E-state index contributed by atoms with van der Waals surface area (Å²) in [6.07, 6.45) is 1.42. The van der Waals surface area contributed by atoms with Crippen LogP contribution in [0.5, 0.6) is 11.5 Å². The van der Waals surface area contributed by atoms with Crippen molar-refractivity contribution in [3.63, 3.8) is 0 Å². The number of anilines is 1. The first-order chi connectivity index (χ1) is 15.4. The number of nitrogens with zero attached hydrogens (tertiary/aromatic N) is 1. The Balaban J connectivity index is 1.83. The minimum Gasteiger partial charge on any atom is -0.493 e. The van der Waals surface area contributed by atoms with Crippen LogP contribution in [0.3, 0.4) is 0 Å². The van der Waals surface area contributed by atoms with Gasteiger partial charge in [-0.05, 0) is 71.0 Å². The molecule has 3 rings (SSSR count). The number of aryl methyl sites for hydroxylation is 1. The highest BCUT2D eigenvalue weighted by molar-refractivity contribution is 14.1. The third kappa shape index (κ3) is 5.86. The van der Waals surface area contributed by atoms with Gasteiger partial charge in [-0.15, -0.1) is 0 Å². The van der Waals surface area contributed by atoms with Crippen LogP contribution in [-0.2, 0) is 11.4 Å². The zero-order valence-corrected chi connectivity index (χ0v) is 19.6. The van der Waals surface area contributed by atoms with Crippen molar-refractivity contribution < 1.29 is 18.7 Å². The summed E-state index contributed by atoms with van der Waals surface area (Å²) < 4.78 is 26.0. The van der Waals surface area contributed by atoms with Gasteiger partial charge in [0, 0.05) is 0 Å². The van der Waals surface area contributed by atoms with E-state index in [-0.39, 0.29) is 11.3 Å². The van der Waals surface area contributed by atoms with Crippen molar-refractivity contribution in [3.05, 3.63) is 92.3 Å². The number of para-hydroxylation sites is 1. The number of carbonyl (C=O) groups is 1. The van der Waals surface area contributed by atoms with E-state index in [0.29, 0.717) is 23.7 Å². The van der Waals surface area contributed by atoms with Crippen molar-refractivity contribution >= 4 is 40.3 Å². The number of ether oxygens (including phenoxy) is 2. The van der Waals surface area contributed by atoms with Gasteiger partial charge in [0.05, 0.1) is 16.4 Å². The summed E-state index contributed by atoms with van der Waals surface area (Å²) in [5.74, 6) is -0.237. The van der Waals surface area contributed by atoms with Gasteiger partial charge >= 0.3 is 0 Å². The molecular formula is C25H20FIN2O3. The molecule has 0 aliphatic carbocycles. The lowest BCUT2D eigenvalue weighted by atomic mass is 10.1. The molecule has 0 bridgehead atoms. The smallest absolute Gasteiger partial charge is 0.266 e. The Morgan fingerprint density at radius 2 is 1.97 bits per heavy atom. The molecule has 0 spiro atoms. The van der Waals surface area contributed by atoms with Gasteiger partial charge in [-0.1, -0.05) is 42.0 Å². The Hall–Kier alpha value is -3.38.